The number of carbonyl (C=O) groups is 1. The second-order valence-corrected chi connectivity index (χ2v) is 3.54. The van der Waals surface area contributed by atoms with Gasteiger partial charge in [-0.05, 0) is 28.1 Å². The van der Waals surface area contributed by atoms with Crippen LogP contribution < -0.4 is 0 Å². The van der Waals surface area contributed by atoms with Gasteiger partial charge in [-0.2, -0.15) is 0 Å². The summed E-state index contributed by atoms with van der Waals surface area (Å²) in [4.78, 5) is 18.5. The topological polar surface area (TPSA) is 55.0 Å². The first kappa shape index (κ1) is 9.21. The fourth-order valence-corrected chi connectivity index (χ4v) is 1.69. The van der Waals surface area contributed by atoms with E-state index in [0.717, 1.165) is 5.39 Å². The highest BCUT2D eigenvalue weighted by molar-refractivity contribution is 9.10. The summed E-state index contributed by atoms with van der Waals surface area (Å²) < 4.78 is 5.27. The number of hydrogen-bond donors (Lipinski definition) is 1. The average Bonchev–Trinajstić information content (AvgIpc) is 2.62. The molecule has 0 amide bonds. The fourth-order valence-electron chi connectivity index (χ4n) is 1.29. The van der Waals surface area contributed by atoms with Gasteiger partial charge in [0.05, 0.1) is 12.7 Å². The largest absolute Gasteiger partial charge is 0.465 e. The van der Waals surface area contributed by atoms with Crippen molar-refractivity contribution in [1.82, 2.24) is 9.97 Å². The van der Waals surface area contributed by atoms with Crippen LogP contribution in [0.25, 0.3) is 11.0 Å². The maximum Gasteiger partial charge on any atom is 0.338 e. The number of nitrogens with one attached hydrogen (secondary N) is 1. The normalized spacial score (nSPS) is 10.4. The molecule has 14 heavy (non-hydrogen) atoms. The molecule has 4 nitrogen and oxygen atoms in total. The third-order valence-electron chi connectivity index (χ3n) is 1.90. The van der Waals surface area contributed by atoms with Gasteiger partial charge >= 0.3 is 5.97 Å². The molecule has 0 unspecified atom stereocenters. The van der Waals surface area contributed by atoms with Crippen molar-refractivity contribution in [2.45, 2.75) is 0 Å². The third-order valence-corrected chi connectivity index (χ3v) is 2.31. The molecule has 0 fully saturated rings. The van der Waals surface area contributed by atoms with Crippen LogP contribution in [0.4, 0.5) is 0 Å². The van der Waals surface area contributed by atoms with Gasteiger partial charge < -0.3 is 9.72 Å². The van der Waals surface area contributed by atoms with Gasteiger partial charge in [0.1, 0.15) is 10.3 Å². The first-order valence-electron chi connectivity index (χ1n) is 3.94. The summed E-state index contributed by atoms with van der Waals surface area (Å²) in [5.74, 6) is -0.363. The zero-order valence-electron chi connectivity index (χ0n) is 7.37. The van der Waals surface area contributed by atoms with Gasteiger partial charge in [-0.25, -0.2) is 9.78 Å². The molecule has 0 aliphatic carbocycles. The second-order valence-electron chi connectivity index (χ2n) is 2.72. The lowest BCUT2D eigenvalue weighted by molar-refractivity contribution is 0.0603. The number of fused-ring (bicyclic) bond motifs is 1. The molecule has 0 atom stereocenters. The molecule has 72 valence electrons. The van der Waals surface area contributed by atoms with Crippen molar-refractivity contribution in [3.05, 3.63) is 28.5 Å². The number of aromatic nitrogens is 2. The van der Waals surface area contributed by atoms with Gasteiger partial charge in [-0.3, -0.25) is 0 Å². The lowest BCUT2D eigenvalue weighted by Crippen LogP contribution is -2.02. The molecule has 0 saturated heterocycles. The average molecular weight is 255 g/mol. The first-order valence-corrected chi connectivity index (χ1v) is 4.73. The number of H-pyrrole nitrogens is 1. The van der Waals surface area contributed by atoms with E-state index in [1.54, 1.807) is 18.3 Å². The smallest absolute Gasteiger partial charge is 0.338 e. The van der Waals surface area contributed by atoms with E-state index in [2.05, 4.69) is 30.6 Å². The Morgan fingerprint density at radius 1 is 1.64 bits per heavy atom. The van der Waals surface area contributed by atoms with E-state index in [0.29, 0.717) is 15.8 Å². The summed E-state index contributed by atoms with van der Waals surface area (Å²) in [5.41, 5.74) is 1.17. The van der Waals surface area contributed by atoms with Crippen molar-refractivity contribution < 1.29 is 9.53 Å². The molecule has 2 aromatic rings. The van der Waals surface area contributed by atoms with Crippen LogP contribution in [-0.2, 0) is 4.74 Å². The molecular weight excluding hydrogens is 248 g/mol. The van der Waals surface area contributed by atoms with E-state index in [-0.39, 0.29) is 5.97 Å². The molecule has 5 heteroatoms. The number of esters is 1. The Morgan fingerprint density at radius 2 is 2.43 bits per heavy atom. The summed E-state index contributed by atoms with van der Waals surface area (Å²) in [6, 6.07) is 3.43. The number of aromatic amines is 1. The molecule has 0 aromatic carbocycles. The van der Waals surface area contributed by atoms with E-state index in [4.69, 9.17) is 0 Å². The number of carbonyl (C=O) groups excluding carboxylic acids is 1. The Morgan fingerprint density at radius 3 is 3.14 bits per heavy atom. The third kappa shape index (κ3) is 1.39. The minimum absolute atomic E-state index is 0.363. The molecule has 2 heterocycles. The van der Waals surface area contributed by atoms with Crippen molar-refractivity contribution in [2.75, 3.05) is 7.11 Å². The van der Waals surface area contributed by atoms with Gasteiger partial charge in [0.2, 0.25) is 0 Å². The first-order chi connectivity index (χ1) is 6.72. The molecule has 0 aliphatic rings. The standard InChI is InChI=1S/C9H7BrN2O2/c1-14-9(13)6-4-7(10)12-8-5(6)2-3-11-8/h2-4H,1H3,(H,11,12). The molecule has 2 rings (SSSR count). The Labute approximate surface area is 88.4 Å². The highest BCUT2D eigenvalue weighted by Crippen LogP contribution is 2.20. The van der Waals surface area contributed by atoms with E-state index < -0.39 is 0 Å². The molecule has 1 N–H and O–H groups in total. The van der Waals surface area contributed by atoms with E-state index in [1.165, 1.54) is 7.11 Å². The Hall–Kier alpha value is -1.36. The van der Waals surface area contributed by atoms with Crippen LogP contribution in [0.5, 0.6) is 0 Å². The molecule has 2 aromatic heterocycles. The number of halogens is 1. The summed E-state index contributed by atoms with van der Waals surface area (Å²) in [6.45, 7) is 0. The van der Waals surface area contributed by atoms with Crippen LogP contribution in [-0.4, -0.2) is 23.0 Å². The van der Waals surface area contributed by atoms with E-state index in [1.807, 2.05) is 0 Å². The maximum absolute atomic E-state index is 11.4. The monoisotopic (exact) mass is 254 g/mol. The van der Waals surface area contributed by atoms with Crippen molar-refractivity contribution in [1.29, 1.82) is 0 Å². The van der Waals surface area contributed by atoms with Crippen LogP contribution in [0, 0.1) is 0 Å². The van der Waals surface area contributed by atoms with Crippen molar-refractivity contribution in [3.63, 3.8) is 0 Å². The maximum atomic E-state index is 11.4. The molecule has 0 aliphatic heterocycles. The molecular formula is C9H7BrN2O2. The molecule has 0 spiro atoms. The summed E-state index contributed by atoms with van der Waals surface area (Å²) in [7, 11) is 1.36. The predicted molar refractivity (Wildman–Crippen MR) is 55.1 cm³/mol. The van der Waals surface area contributed by atoms with E-state index >= 15 is 0 Å². The fraction of sp³-hybridized carbons (Fsp3) is 0.111. The summed E-state index contributed by atoms with van der Waals surface area (Å²) in [6.07, 6.45) is 1.73. The Balaban J connectivity index is 2.72. The zero-order valence-corrected chi connectivity index (χ0v) is 8.96. The lowest BCUT2D eigenvalue weighted by Gasteiger charge is -2.01. The Bertz CT molecular complexity index is 493. The number of rotatable bonds is 1. The second kappa shape index (κ2) is 3.42. The lowest BCUT2D eigenvalue weighted by atomic mass is 10.2. The quantitative estimate of drug-likeness (QED) is 0.627. The minimum atomic E-state index is -0.363. The number of ether oxygens (including phenoxy) is 1. The summed E-state index contributed by atoms with van der Waals surface area (Å²) >= 11 is 3.23. The zero-order chi connectivity index (χ0) is 10.1. The van der Waals surface area contributed by atoms with Crippen LogP contribution in [0.3, 0.4) is 0 Å². The minimum Gasteiger partial charge on any atom is -0.465 e. The number of nitrogens with zero attached hydrogens (tertiary/aromatic N) is 1. The molecule has 0 bridgehead atoms. The summed E-state index contributed by atoms with van der Waals surface area (Å²) in [5, 5.41) is 0.764. The van der Waals surface area contributed by atoms with Gasteiger partial charge in [-0.15, -0.1) is 0 Å². The molecule has 0 saturated carbocycles. The van der Waals surface area contributed by atoms with Gasteiger partial charge in [0.15, 0.2) is 0 Å². The number of pyridine rings is 1. The van der Waals surface area contributed by atoms with Gasteiger partial charge in [0, 0.05) is 11.6 Å². The Kier molecular flexibility index (Phi) is 2.25. The SMILES string of the molecule is COC(=O)c1cc(Br)nc2[nH]ccc12. The molecule has 0 radical (unpaired) electrons. The van der Waals surface area contributed by atoms with E-state index in [9.17, 15) is 4.79 Å². The van der Waals surface area contributed by atoms with Crippen molar-refractivity contribution in [2.24, 2.45) is 0 Å². The van der Waals surface area contributed by atoms with Crippen LogP contribution >= 0.6 is 15.9 Å². The number of hydrogen-bond acceptors (Lipinski definition) is 3. The van der Waals surface area contributed by atoms with Crippen LogP contribution in [0.2, 0.25) is 0 Å². The van der Waals surface area contributed by atoms with Crippen molar-refractivity contribution >= 4 is 32.9 Å². The van der Waals surface area contributed by atoms with Crippen molar-refractivity contribution in [3.8, 4) is 0 Å². The van der Waals surface area contributed by atoms with Gasteiger partial charge in [-0.1, -0.05) is 0 Å². The van der Waals surface area contributed by atoms with Crippen LogP contribution in [0.1, 0.15) is 10.4 Å². The predicted octanol–water partition coefficient (Wildman–Crippen LogP) is 2.11. The number of methoxy groups -OCH3 is 1. The highest BCUT2D eigenvalue weighted by Gasteiger charge is 2.12. The highest BCUT2D eigenvalue weighted by atomic mass is 79.9. The van der Waals surface area contributed by atoms with Crippen LogP contribution in [0.15, 0.2) is 22.9 Å². The van der Waals surface area contributed by atoms with Gasteiger partial charge in [0.25, 0.3) is 0 Å².